The highest BCUT2D eigenvalue weighted by molar-refractivity contribution is 5.88. The van der Waals surface area contributed by atoms with Crippen molar-refractivity contribution in [3.63, 3.8) is 0 Å². The molecule has 8 nitrogen and oxygen atoms in total. The van der Waals surface area contributed by atoms with Gasteiger partial charge in [-0.2, -0.15) is 0 Å². The summed E-state index contributed by atoms with van der Waals surface area (Å²) in [6.45, 7) is 16.0. The summed E-state index contributed by atoms with van der Waals surface area (Å²) in [4.78, 5) is 35.3. The van der Waals surface area contributed by atoms with E-state index in [1.54, 1.807) is 29.2 Å². The van der Waals surface area contributed by atoms with Crippen LogP contribution in [0.25, 0.3) is 11.1 Å². The molecule has 1 atom stereocenters. The second kappa shape index (κ2) is 15.6. The molecule has 4 aromatic rings. The van der Waals surface area contributed by atoms with Crippen LogP contribution in [0.5, 0.6) is 5.75 Å². The number of carboxylic acids is 1. The fourth-order valence-electron chi connectivity index (χ4n) is 6.55. The average Bonchev–Trinajstić information content (AvgIpc) is 3.07. The van der Waals surface area contributed by atoms with Crippen molar-refractivity contribution in [2.75, 3.05) is 24.6 Å². The van der Waals surface area contributed by atoms with E-state index in [1.807, 2.05) is 77.1 Å². The van der Waals surface area contributed by atoms with Crippen LogP contribution in [-0.4, -0.2) is 52.2 Å². The molecule has 1 amide bonds. The largest absolute Gasteiger partial charge is 0.484 e. The second-order valence-electron chi connectivity index (χ2n) is 15.2. The van der Waals surface area contributed by atoms with Crippen LogP contribution >= 0.6 is 0 Å². The lowest BCUT2D eigenvalue weighted by Gasteiger charge is -2.41. The summed E-state index contributed by atoms with van der Waals surface area (Å²) in [5.41, 5.74) is 5.83. The lowest BCUT2D eigenvalue weighted by Crippen LogP contribution is -2.39. The van der Waals surface area contributed by atoms with Gasteiger partial charge in [-0.3, -0.25) is 9.78 Å². The summed E-state index contributed by atoms with van der Waals surface area (Å²) in [7, 11) is 0. The van der Waals surface area contributed by atoms with Gasteiger partial charge < -0.3 is 24.4 Å². The normalized spacial score (nSPS) is 14.9. The van der Waals surface area contributed by atoms with Gasteiger partial charge in [0, 0.05) is 48.7 Å². The number of aromatic nitrogens is 1. The number of carbonyl (C=O) groups is 2. The maximum atomic E-state index is 13.7. The topological polar surface area (TPSA) is 92.2 Å². The SMILES string of the molecule is Cc1nc(C)c([C@H](OC(C)(C)C)C(=O)O)c(N2CCC(C)(C)CC2)c1-c1ccc(CN(Cc2ccc(F)cc2)C(=O)COc2ccccc2)cc1. The van der Waals surface area contributed by atoms with Crippen molar-refractivity contribution >= 4 is 17.6 Å². The number of anilines is 1. The summed E-state index contributed by atoms with van der Waals surface area (Å²) in [5, 5.41) is 10.5. The molecule has 1 fully saturated rings. The first-order valence-electron chi connectivity index (χ1n) is 17.6. The summed E-state index contributed by atoms with van der Waals surface area (Å²) in [6.07, 6.45) is 0.731. The molecular formula is C42H50FN3O5. The Morgan fingerprint density at radius 1 is 0.902 bits per heavy atom. The maximum absolute atomic E-state index is 13.7. The van der Waals surface area contributed by atoms with Crippen molar-refractivity contribution in [2.45, 2.75) is 86.1 Å². The van der Waals surface area contributed by atoms with Crippen molar-refractivity contribution in [3.05, 3.63) is 113 Å². The molecule has 5 rings (SSSR count). The molecule has 0 radical (unpaired) electrons. The van der Waals surface area contributed by atoms with E-state index >= 15 is 0 Å². The summed E-state index contributed by atoms with van der Waals surface area (Å²) in [5.74, 6) is -0.995. The Hall–Kier alpha value is -4.76. The van der Waals surface area contributed by atoms with Gasteiger partial charge in [-0.05, 0) is 93.8 Å². The monoisotopic (exact) mass is 695 g/mol. The molecule has 0 aliphatic carbocycles. The Bertz CT molecular complexity index is 1810. The van der Waals surface area contributed by atoms with E-state index in [4.69, 9.17) is 14.5 Å². The minimum atomic E-state index is -1.20. The molecule has 1 aromatic heterocycles. The van der Waals surface area contributed by atoms with Crippen LogP contribution in [0.1, 0.15) is 81.6 Å². The number of nitrogens with zero attached hydrogens (tertiary/aromatic N) is 3. The van der Waals surface area contributed by atoms with Gasteiger partial charge in [-0.15, -0.1) is 0 Å². The maximum Gasteiger partial charge on any atom is 0.337 e. The molecular weight excluding hydrogens is 645 g/mol. The molecule has 3 aromatic carbocycles. The quantitative estimate of drug-likeness (QED) is 0.159. The number of amides is 1. The minimum absolute atomic E-state index is 0.141. The molecule has 1 saturated heterocycles. The number of aryl methyl sites for hydroxylation is 2. The second-order valence-corrected chi connectivity index (χ2v) is 15.2. The molecule has 9 heteroatoms. The standard InChI is InChI=1S/C42H50FN3O5/c1-28-36(38(45-23-21-42(6,7)22-24-45)37(29(2)44-28)39(40(48)49)51-41(3,4)5)32-17-13-30(14-18-32)25-46(26-31-15-19-33(43)20-16-31)35(47)27-50-34-11-9-8-10-12-34/h8-20,39H,21-27H2,1-7H3,(H,48,49)/t39-/m0/s1. The molecule has 0 bridgehead atoms. The van der Waals surface area contributed by atoms with Crippen molar-refractivity contribution in [1.29, 1.82) is 0 Å². The molecule has 1 N–H and O–H groups in total. The van der Waals surface area contributed by atoms with Crippen LogP contribution in [0.2, 0.25) is 0 Å². The van der Waals surface area contributed by atoms with Crippen LogP contribution in [-0.2, 0) is 27.4 Å². The van der Waals surface area contributed by atoms with E-state index in [1.165, 1.54) is 12.1 Å². The number of carbonyl (C=O) groups excluding carboxylic acids is 1. The van der Waals surface area contributed by atoms with Gasteiger partial charge in [0.1, 0.15) is 11.6 Å². The highest BCUT2D eigenvalue weighted by atomic mass is 19.1. The van der Waals surface area contributed by atoms with E-state index in [9.17, 15) is 19.1 Å². The summed E-state index contributed by atoms with van der Waals surface area (Å²) in [6, 6.07) is 23.3. The van der Waals surface area contributed by atoms with Crippen LogP contribution in [0.4, 0.5) is 10.1 Å². The number of piperidine rings is 1. The van der Waals surface area contributed by atoms with E-state index in [0.717, 1.165) is 59.6 Å². The van der Waals surface area contributed by atoms with Gasteiger partial charge in [0.2, 0.25) is 0 Å². The third kappa shape index (κ3) is 9.73. The molecule has 1 aliphatic heterocycles. The highest BCUT2D eigenvalue weighted by Crippen LogP contribution is 2.45. The Morgan fingerprint density at radius 2 is 1.47 bits per heavy atom. The Kier molecular flexibility index (Phi) is 11.5. The number of ether oxygens (including phenoxy) is 2. The van der Waals surface area contributed by atoms with Crippen LogP contribution in [0.3, 0.4) is 0 Å². The van der Waals surface area contributed by atoms with E-state index in [0.29, 0.717) is 23.6 Å². The Balaban J connectivity index is 1.51. The zero-order chi connectivity index (χ0) is 36.9. The molecule has 0 spiro atoms. The highest BCUT2D eigenvalue weighted by Gasteiger charge is 2.36. The van der Waals surface area contributed by atoms with Crippen molar-refractivity contribution in [2.24, 2.45) is 5.41 Å². The first-order chi connectivity index (χ1) is 24.1. The number of hydrogen-bond donors (Lipinski definition) is 1. The van der Waals surface area contributed by atoms with Gasteiger partial charge in [0.15, 0.2) is 12.7 Å². The fourth-order valence-corrected chi connectivity index (χ4v) is 6.55. The van der Waals surface area contributed by atoms with Gasteiger partial charge in [0.25, 0.3) is 5.91 Å². The van der Waals surface area contributed by atoms with Crippen molar-refractivity contribution < 1.29 is 28.6 Å². The number of rotatable bonds is 12. The summed E-state index contributed by atoms with van der Waals surface area (Å²) < 4.78 is 25.7. The summed E-state index contributed by atoms with van der Waals surface area (Å²) >= 11 is 0. The van der Waals surface area contributed by atoms with Gasteiger partial charge >= 0.3 is 5.97 Å². The van der Waals surface area contributed by atoms with Crippen LogP contribution in [0.15, 0.2) is 78.9 Å². The van der Waals surface area contributed by atoms with Gasteiger partial charge in [0.05, 0.1) is 11.3 Å². The molecule has 1 aliphatic rings. The number of carboxylic acid groups (broad SMARTS) is 1. The third-order valence-electron chi connectivity index (χ3n) is 9.33. The average molecular weight is 696 g/mol. The first-order valence-corrected chi connectivity index (χ1v) is 17.6. The third-order valence-corrected chi connectivity index (χ3v) is 9.33. The predicted molar refractivity (Wildman–Crippen MR) is 198 cm³/mol. The number of para-hydroxylation sites is 1. The zero-order valence-electron chi connectivity index (χ0n) is 30.8. The van der Waals surface area contributed by atoms with E-state index < -0.39 is 17.7 Å². The lowest BCUT2D eigenvalue weighted by molar-refractivity contribution is -0.160. The lowest BCUT2D eigenvalue weighted by atomic mass is 9.81. The Labute approximate surface area is 301 Å². The molecule has 0 saturated carbocycles. The number of hydrogen-bond acceptors (Lipinski definition) is 6. The molecule has 51 heavy (non-hydrogen) atoms. The molecule has 270 valence electrons. The van der Waals surface area contributed by atoms with Gasteiger partial charge in [-0.25, -0.2) is 9.18 Å². The molecule has 0 unspecified atom stereocenters. The zero-order valence-corrected chi connectivity index (χ0v) is 30.8. The number of halogens is 1. The minimum Gasteiger partial charge on any atom is -0.484 e. The number of benzene rings is 3. The predicted octanol–water partition coefficient (Wildman–Crippen LogP) is 8.68. The smallest absolute Gasteiger partial charge is 0.337 e. The van der Waals surface area contributed by atoms with E-state index in [-0.39, 0.29) is 30.3 Å². The number of aliphatic carboxylic acids is 1. The fraction of sp³-hybridized carbons (Fsp3) is 0.405. The van der Waals surface area contributed by atoms with E-state index in [2.05, 4.69) is 18.7 Å². The van der Waals surface area contributed by atoms with Gasteiger partial charge in [-0.1, -0.05) is 68.4 Å². The molecule has 2 heterocycles. The Morgan fingerprint density at radius 3 is 2.02 bits per heavy atom. The van der Waals surface area contributed by atoms with Crippen LogP contribution < -0.4 is 9.64 Å². The first kappa shape index (κ1) is 37.5. The number of pyridine rings is 1. The van der Waals surface area contributed by atoms with Crippen molar-refractivity contribution in [1.82, 2.24) is 9.88 Å². The van der Waals surface area contributed by atoms with Crippen LogP contribution in [0, 0.1) is 25.1 Å². The van der Waals surface area contributed by atoms with Crippen molar-refractivity contribution in [3.8, 4) is 16.9 Å².